The van der Waals surface area contributed by atoms with Gasteiger partial charge in [0.2, 0.25) is 0 Å². The van der Waals surface area contributed by atoms with Crippen LogP contribution in [-0.4, -0.2) is 40.6 Å². The molecule has 1 aliphatic rings. The van der Waals surface area contributed by atoms with E-state index in [-0.39, 0.29) is 6.04 Å². The molecule has 1 atom stereocenters. The van der Waals surface area contributed by atoms with E-state index in [0.29, 0.717) is 10.0 Å². The number of benzene rings is 1. The summed E-state index contributed by atoms with van der Waals surface area (Å²) in [5, 5.41) is 4.73. The van der Waals surface area contributed by atoms with Crippen LogP contribution in [0.5, 0.6) is 0 Å². The lowest BCUT2D eigenvalue weighted by Gasteiger charge is -2.35. The molecule has 2 aromatic rings. The number of piperazine rings is 1. The lowest BCUT2D eigenvalue weighted by molar-refractivity contribution is 0.190. The number of aryl methyl sites for hydroxylation is 1. The average molecular weight is 325 g/mol. The molecule has 4 nitrogen and oxygen atoms in total. The fourth-order valence-corrected chi connectivity index (χ4v) is 3.32. The maximum Gasteiger partial charge on any atom is 0.130 e. The molecule has 0 radical (unpaired) electrons. The van der Waals surface area contributed by atoms with Crippen LogP contribution in [0, 0.1) is 0 Å². The van der Waals surface area contributed by atoms with Gasteiger partial charge in [0.25, 0.3) is 0 Å². The number of aromatic nitrogens is 2. The van der Waals surface area contributed by atoms with Crippen molar-refractivity contribution < 1.29 is 0 Å². The van der Waals surface area contributed by atoms with Crippen molar-refractivity contribution in [2.75, 3.05) is 26.2 Å². The van der Waals surface area contributed by atoms with E-state index in [1.807, 2.05) is 31.6 Å². The summed E-state index contributed by atoms with van der Waals surface area (Å²) in [6.45, 7) is 3.89. The van der Waals surface area contributed by atoms with Crippen LogP contribution in [0.1, 0.15) is 17.4 Å². The summed E-state index contributed by atoms with van der Waals surface area (Å²) < 4.78 is 2.05. The van der Waals surface area contributed by atoms with Crippen molar-refractivity contribution in [3.8, 4) is 0 Å². The first-order chi connectivity index (χ1) is 10.2. The topological polar surface area (TPSA) is 33.1 Å². The number of hydrogen-bond acceptors (Lipinski definition) is 3. The fraction of sp³-hybridized carbons (Fsp3) is 0.400. The second-order valence-electron chi connectivity index (χ2n) is 5.25. The Labute approximate surface area is 134 Å². The maximum absolute atomic E-state index is 6.45. The van der Waals surface area contributed by atoms with Gasteiger partial charge in [0, 0.05) is 55.7 Å². The van der Waals surface area contributed by atoms with Gasteiger partial charge in [-0.2, -0.15) is 0 Å². The molecule has 0 amide bonds. The maximum atomic E-state index is 6.45. The van der Waals surface area contributed by atoms with Crippen LogP contribution >= 0.6 is 23.2 Å². The van der Waals surface area contributed by atoms with Gasteiger partial charge in [0.05, 0.1) is 6.04 Å². The summed E-state index contributed by atoms with van der Waals surface area (Å²) in [5.74, 6) is 1.00. The largest absolute Gasteiger partial charge is 0.336 e. The van der Waals surface area contributed by atoms with Gasteiger partial charge in [-0.3, -0.25) is 4.90 Å². The van der Waals surface area contributed by atoms with Crippen LogP contribution in [0.4, 0.5) is 0 Å². The van der Waals surface area contributed by atoms with Crippen molar-refractivity contribution in [2.45, 2.75) is 6.04 Å². The first-order valence-electron chi connectivity index (χ1n) is 7.04. The van der Waals surface area contributed by atoms with E-state index < -0.39 is 0 Å². The van der Waals surface area contributed by atoms with Gasteiger partial charge in [-0.1, -0.05) is 29.3 Å². The Bertz CT molecular complexity index is 620. The SMILES string of the molecule is Cn1ccnc1C(c1ccc(Cl)cc1Cl)N1CCNCC1. The van der Waals surface area contributed by atoms with E-state index in [4.69, 9.17) is 23.2 Å². The minimum Gasteiger partial charge on any atom is -0.336 e. The summed E-state index contributed by atoms with van der Waals surface area (Å²) in [7, 11) is 2.02. The summed E-state index contributed by atoms with van der Waals surface area (Å²) in [6.07, 6.45) is 3.79. The minimum absolute atomic E-state index is 0.0527. The van der Waals surface area contributed by atoms with Crippen LogP contribution in [0.3, 0.4) is 0 Å². The molecule has 1 fully saturated rings. The number of nitrogens with zero attached hydrogens (tertiary/aromatic N) is 3. The quantitative estimate of drug-likeness (QED) is 0.942. The molecule has 1 aromatic heterocycles. The average Bonchev–Trinajstić information content (AvgIpc) is 2.89. The van der Waals surface area contributed by atoms with Gasteiger partial charge >= 0.3 is 0 Å². The predicted octanol–water partition coefficient (Wildman–Crippen LogP) is 2.72. The molecular weight excluding hydrogens is 307 g/mol. The molecule has 6 heteroatoms. The van der Waals surface area contributed by atoms with Crippen molar-refractivity contribution >= 4 is 23.2 Å². The Morgan fingerprint density at radius 3 is 2.62 bits per heavy atom. The van der Waals surface area contributed by atoms with Crippen molar-refractivity contribution in [2.24, 2.45) is 7.05 Å². The van der Waals surface area contributed by atoms with Crippen LogP contribution in [0.2, 0.25) is 10.0 Å². The zero-order chi connectivity index (χ0) is 14.8. The third kappa shape index (κ3) is 3.09. The molecule has 112 valence electrons. The highest BCUT2D eigenvalue weighted by molar-refractivity contribution is 6.35. The smallest absolute Gasteiger partial charge is 0.130 e. The van der Waals surface area contributed by atoms with E-state index in [2.05, 4.69) is 19.8 Å². The van der Waals surface area contributed by atoms with Gasteiger partial charge in [0.1, 0.15) is 5.82 Å². The number of halogens is 2. The van der Waals surface area contributed by atoms with Crippen molar-refractivity contribution in [1.29, 1.82) is 0 Å². The lowest BCUT2D eigenvalue weighted by atomic mass is 10.0. The lowest BCUT2D eigenvalue weighted by Crippen LogP contribution is -2.46. The van der Waals surface area contributed by atoms with Gasteiger partial charge < -0.3 is 9.88 Å². The molecule has 1 N–H and O–H groups in total. The molecule has 0 aliphatic carbocycles. The van der Waals surface area contributed by atoms with Crippen LogP contribution in [0.25, 0.3) is 0 Å². The molecule has 1 saturated heterocycles. The molecular formula is C15H18Cl2N4. The minimum atomic E-state index is 0.0527. The Kier molecular flexibility index (Phi) is 4.50. The van der Waals surface area contributed by atoms with Gasteiger partial charge in [-0.05, 0) is 17.7 Å². The second-order valence-corrected chi connectivity index (χ2v) is 6.09. The third-order valence-electron chi connectivity index (χ3n) is 3.88. The molecule has 0 spiro atoms. The number of hydrogen-bond donors (Lipinski definition) is 1. The summed E-state index contributed by atoms with van der Waals surface area (Å²) in [5.41, 5.74) is 1.05. The normalized spacial score (nSPS) is 17.9. The standard InChI is InChI=1S/C15H18Cl2N4/c1-20-7-6-19-15(20)14(21-8-4-18-5-9-21)12-3-2-11(16)10-13(12)17/h2-3,6-7,10,14,18H,4-5,8-9H2,1H3. The van der Waals surface area contributed by atoms with Crippen molar-refractivity contribution in [1.82, 2.24) is 19.8 Å². The van der Waals surface area contributed by atoms with E-state index >= 15 is 0 Å². The van der Waals surface area contributed by atoms with E-state index in [9.17, 15) is 0 Å². The number of nitrogens with one attached hydrogen (secondary N) is 1. The van der Waals surface area contributed by atoms with E-state index in [0.717, 1.165) is 37.6 Å². The molecule has 0 saturated carbocycles. The number of imidazole rings is 1. The van der Waals surface area contributed by atoms with Crippen LogP contribution in [-0.2, 0) is 7.05 Å². The molecule has 0 bridgehead atoms. The molecule has 1 unspecified atom stereocenters. The summed E-state index contributed by atoms with van der Waals surface area (Å²) in [4.78, 5) is 6.95. The Morgan fingerprint density at radius 2 is 2.00 bits per heavy atom. The van der Waals surface area contributed by atoms with Gasteiger partial charge in [0.15, 0.2) is 0 Å². The van der Waals surface area contributed by atoms with Crippen LogP contribution < -0.4 is 5.32 Å². The molecule has 21 heavy (non-hydrogen) atoms. The zero-order valence-corrected chi connectivity index (χ0v) is 13.4. The Hall–Kier alpha value is -1.07. The van der Waals surface area contributed by atoms with Gasteiger partial charge in [-0.25, -0.2) is 4.98 Å². The van der Waals surface area contributed by atoms with E-state index in [1.54, 1.807) is 6.07 Å². The predicted molar refractivity (Wildman–Crippen MR) is 86.0 cm³/mol. The van der Waals surface area contributed by atoms with Crippen molar-refractivity contribution in [3.63, 3.8) is 0 Å². The first-order valence-corrected chi connectivity index (χ1v) is 7.79. The van der Waals surface area contributed by atoms with Crippen LogP contribution in [0.15, 0.2) is 30.6 Å². The first kappa shape index (κ1) is 14.9. The fourth-order valence-electron chi connectivity index (χ4n) is 2.80. The molecule has 2 heterocycles. The summed E-state index contributed by atoms with van der Waals surface area (Å²) in [6, 6.07) is 5.75. The highest BCUT2D eigenvalue weighted by Crippen LogP contribution is 2.34. The summed E-state index contributed by atoms with van der Waals surface area (Å²) >= 11 is 12.5. The molecule has 3 rings (SSSR count). The highest BCUT2D eigenvalue weighted by atomic mass is 35.5. The Balaban J connectivity index is 2.05. The van der Waals surface area contributed by atoms with Crippen molar-refractivity contribution in [3.05, 3.63) is 52.0 Å². The molecule has 1 aromatic carbocycles. The third-order valence-corrected chi connectivity index (χ3v) is 4.44. The molecule has 1 aliphatic heterocycles. The highest BCUT2D eigenvalue weighted by Gasteiger charge is 2.28. The van der Waals surface area contributed by atoms with Gasteiger partial charge in [-0.15, -0.1) is 0 Å². The zero-order valence-electron chi connectivity index (χ0n) is 11.9. The van der Waals surface area contributed by atoms with E-state index in [1.165, 1.54) is 0 Å². The number of rotatable bonds is 3. The monoisotopic (exact) mass is 324 g/mol. The second kappa shape index (κ2) is 6.36. The Morgan fingerprint density at radius 1 is 1.24 bits per heavy atom.